The number of hydrogen-bond donors (Lipinski definition) is 4. The Bertz CT molecular complexity index is 1860. The van der Waals surface area contributed by atoms with Crippen molar-refractivity contribution < 1.29 is 14.7 Å². The number of H-pyrrole nitrogens is 1. The summed E-state index contributed by atoms with van der Waals surface area (Å²) in [6, 6.07) is 32.2. The van der Waals surface area contributed by atoms with Gasteiger partial charge in [-0.1, -0.05) is 98.8 Å². The smallest absolute Gasteiger partial charge is 0.222 e. The SMILES string of the molecule is CC(=O)Nc1cc(-c2[nH]c3c(c2Nc2ccccc2)C(=O)CC(C(O)c2ccccc2[Si](c2ccccc2)C(C)(C)C)C3)ccn1. The number of carbonyl (C=O) groups is 2. The van der Waals surface area contributed by atoms with E-state index in [-0.39, 0.29) is 29.1 Å². The van der Waals surface area contributed by atoms with Gasteiger partial charge in [-0.05, 0) is 46.5 Å². The highest BCUT2D eigenvalue weighted by atomic mass is 28.3. The second kappa shape index (κ2) is 12.9. The highest BCUT2D eigenvalue weighted by Crippen LogP contribution is 2.43. The minimum Gasteiger partial charge on any atom is -0.388 e. The van der Waals surface area contributed by atoms with Gasteiger partial charge in [-0.15, -0.1) is 0 Å². The van der Waals surface area contributed by atoms with Crippen molar-refractivity contribution in [3.05, 3.63) is 120 Å². The van der Waals surface area contributed by atoms with Crippen molar-refractivity contribution >= 4 is 48.1 Å². The van der Waals surface area contributed by atoms with Gasteiger partial charge in [0.1, 0.15) is 14.6 Å². The molecule has 0 bridgehead atoms. The zero-order valence-electron chi connectivity index (χ0n) is 26.6. The summed E-state index contributed by atoms with van der Waals surface area (Å²) in [5, 5.41) is 20.8. The van der Waals surface area contributed by atoms with Gasteiger partial charge in [0.05, 0.1) is 23.0 Å². The molecule has 3 aromatic carbocycles. The number of ketones is 1. The first-order chi connectivity index (χ1) is 22.1. The van der Waals surface area contributed by atoms with Gasteiger partial charge in [0.15, 0.2) is 5.78 Å². The minimum absolute atomic E-state index is 0.00952. The van der Waals surface area contributed by atoms with Crippen LogP contribution in [0.4, 0.5) is 17.2 Å². The lowest BCUT2D eigenvalue weighted by Crippen LogP contribution is -2.51. The fourth-order valence-electron chi connectivity index (χ4n) is 6.59. The first-order valence-electron chi connectivity index (χ1n) is 15.6. The van der Waals surface area contributed by atoms with Crippen molar-refractivity contribution in [2.75, 3.05) is 10.6 Å². The topological polar surface area (TPSA) is 107 Å². The van der Waals surface area contributed by atoms with Crippen molar-refractivity contribution in [3.63, 3.8) is 0 Å². The van der Waals surface area contributed by atoms with E-state index in [0.29, 0.717) is 23.5 Å². The molecule has 5 aromatic rings. The number of para-hydroxylation sites is 1. The van der Waals surface area contributed by atoms with Crippen molar-refractivity contribution in [1.29, 1.82) is 0 Å². The summed E-state index contributed by atoms with van der Waals surface area (Å²) < 4.78 is 0. The molecule has 0 saturated carbocycles. The first-order valence-corrected chi connectivity index (χ1v) is 17.1. The molecular formula is C38H39N4O3Si. The van der Waals surface area contributed by atoms with Crippen LogP contribution in [0.3, 0.4) is 0 Å². The lowest BCUT2D eigenvalue weighted by atomic mass is 9.81. The average molecular weight is 628 g/mol. The third-order valence-corrected chi connectivity index (χ3v) is 11.9. The summed E-state index contributed by atoms with van der Waals surface area (Å²) in [6.45, 7) is 8.25. The van der Waals surface area contributed by atoms with Gasteiger partial charge in [0, 0.05) is 42.4 Å². The van der Waals surface area contributed by atoms with Crippen molar-refractivity contribution in [2.45, 2.75) is 51.7 Å². The minimum atomic E-state index is -1.28. The maximum absolute atomic E-state index is 14.1. The van der Waals surface area contributed by atoms with Crippen LogP contribution >= 0.6 is 0 Å². The second-order valence-electron chi connectivity index (χ2n) is 12.9. The van der Waals surface area contributed by atoms with Crippen LogP contribution in [0.15, 0.2) is 103 Å². The number of aliphatic hydroxyl groups excluding tert-OH is 1. The number of anilines is 3. The van der Waals surface area contributed by atoms with E-state index in [9.17, 15) is 14.7 Å². The van der Waals surface area contributed by atoms with E-state index in [1.807, 2.05) is 54.6 Å². The number of Topliss-reactive ketones (excluding diaryl/α,β-unsaturated/α-hetero) is 1. The maximum atomic E-state index is 14.1. The molecule has 0 fully saturated rings. The number of carbonyl (C=O) groups excluding carboxylic acids is 2. The monoisotopic (exact) mass is 627 g/mol. The van der Waals surface area contributed by atoms with Crippen LogP contribution in [0.2, 0.25) is 5.04 Å². The summed E-state index contributed by atoms with van der Waals surface area (Å²) >= 11 is 0. The molecule has 1 aliphatic rings. The van der Waals surface area contributed by atoms with E-state index in [4.69, 9.17) is 0 Å². The van der Waals surface area contributed by atoms with E-state index >= 15 is 0 Å². The second-order valence-corrected chi connectivity index (χ2v) is 16.3. The fourth-order valence-corrected chi connectivity index (χ4v) is 9.88. The predicted octanol–water partition coefficient (Wildman–Crippen LogP) is 6.67. The normalized spacial score (nSPS) is 15.3. The molecule has 0 spiro atoms. The van der Waals surface area contributed by atoms with E-state index in [1.165, 1.54) is 17.3 Å². The number of aliphatic hydroxyl groups is 1. The Kier molecular flexibility index (Phi) is 8.75. The number of nitrogens with one attached hydrogen (secondary N) is 3. The van der Waals surface area contributed by atoms with Gasteiger partial charge in [0.2, 0.25) is 5.91 Å². The molecule has 1 radical (unpaired) electrons. The van der Waals surface area contributed by atoms with Crippen LogP contribution in [0, 0.1) is 5.92 Å². The van der Waals surface area contributed by atoms with Crippen molar-refractivity contribution in [2.24, 2.45) is 5.92 Å². The van der Waals surface area contributed by atoms with Gasteiger partial charge in [0.25, 0.3) is 0 Å². The zero-order valence-corrected chi connectivity index (χ0v) is 27.6. The summed E-state index contributed by atoms with van der Waals surface area (Å²) in [4.78, 5) is 33.6. The van der Waals surface area contributed by atoms with Crippen molar-refractivity contribution in [3.8, 4) is 11.3 Å². The highest BCUT2D eigenvalue weighted by molar-refractivity contribution is 6.87. The van der Waals surface area contributed by atoms with E-state index in [2.05, 4.69) is 77.8 Å². The van der Waals surface area contributed by atoms with Gasteiger partial charge < -0.3 is 20.7 Å². The number of benzene rings is 3. The molecule has 2 aromatic heterocycles. The molecule has 233 valence electrons. The number of amides is 1. The summed E-state index contributed by atoms with van der Waals surface area (Å²) in [5.41, 5.74) is 5.34. The Hall–Kier alpha value is -4.79. The Morgan fingerprint density at radius 3 is 2.33 bits per heavy atom. The highest BCUT2D eigenvalue weighted by Gasteiger charge is 2.38. The number of aromatic nitrogens is 2. The van der Waals surface area contributed by atoms with Crippen LogP contribution in [0.1, 0.15) is 61.8 Å². The lowest BCUT2D eigenvalue weighted by molar-refractivity contribution is -0.114. The molecule has 46 heavy (non-hydrogen) atoms. The molecule has 1 amide bonds. The van der Waals surface area contributed by atoms with Crippen LogP contribution in [0.5, 0.6) is 0 Å². The molecule has 2 unspecified atom stereocenters. The van der Waals surface area contributed by atoms with E-state index in [0.717, 1.165) is 28.2 Å². The van der Waals surface area contributed by atoms with Gasteiger partial charge in [-0.25, -0.2) is 4.98 Å². The Morgan fingerprint density at radius 2 is 1.63 bits per heavy atom. The lowest BCUT2D eigenvalue weighted by Gasteiger charge is -2.34. The number of fused-ring (bicyclic) bond motifs is 1. The molecule has 8 heteroatoms. The van der Waals surface area contributed by atoms with Crippen LogP contribution in [0.25, 0.3) is 11.3 Å². The number of rotatable bonds is 8. The Morgan fingerprint density at radius 1 is 0.957 bits per heavy atom. The van der Waals surface area contributed by atoms with Crippen molar-refractivity contribution in [1.82, 2.24) is 9.97 Å². The van der Waals surface area contributed by atoms with E-state index < -0.39 is 14.9 Å². The van der Waals surface area contributed by atoms with E-state index in [1.54, 1.807) is 12.3 Å². The number of pyridine rings is 1. The maximum Gasteiger partial charge on any atom is 0.222 e. The number of nitrogens with zero attached hydrogens (tertiary/aromatic N) is 1. The molecule has 2 heterocycles. The number of hydrogen-bond acceptors (Lipinski definition) is 5. The van der Waals surface area contributed by atoms with Crippen LogP contribution < -0.4 is 21.0 Å². The zero-order chi connectivity index (χ0) is 32.4. The molecular weight excluding hydrogens is 589 g/mol. The third kappa shape index (κ3) is 6.45. The van der Waals surface area contributed by atoms with Gasteiger partial charge in [-0.2, -0.15) is 0 Å². The summed E-state index contributed by atoms with van der Waals surface area (Å²) in [6.07, 6.45) is 1.55. The van der Waals surface area contributed by atoms with Gasteiger partial charge in [-0.3, -0.25) is 9.59 Å². The molecule has 7 nitrogen and oxygen atoms in total. The van der Waals surface area contributed by atoms with Gasteiger partial charge >= 0.3 is 0 Å². The fraction of sp³-hybridized carbons (Fsp3) is 0.237. The Balaban J connectivity index is 1.40. The summed E-state index contributed by atoms with van der Waals surface area (Å²) in [7, 11) is -1.28. The number of aromatic amines is 1. The Labute approximate surface area is 271 Å². The van der Waals surface area contributed by atoms with Crippen LogP contribution in [-0.2, 0) is 11.2 Å². The third-order valence-electron chi connectivity index (χ3n) is 8.47. The molecule has 0 aliphatic heterocycles. The molecule has 6 rings (SSSR count). The summed E-state index contributed by atoms with van der Waals surface area (Å²) in [5.74, 6) is -0.115. The largest absolute Gasteiger partial charge is 0.388 e. The van der Waals surface area contributed by atoms with Crippen LogP contribution in [-0.4, -0.2) is 35.6 Å². The first kappa shape index (κ1) is 31.2. The quantitative estimate of drug-likeness (QED) is 0.144. The molecule has 1 aliphatic carbocycles. The molecule has 2 atom stereocenters. The molecule has 4 N–H and O–H groups in total. The predicted molar refractivity (Wildman–Crippen MR) is 187 cm³/mol. The molecule has 0 saturated heterocycles. The standard InChI is InChI=1S/C38H39N4O3Si/c1-24(43)40-33-23-25(19-20-39-33)35-36(41-27-13-7-5-8-14-27)34-30(42-35)21-26(22-31(34)44)37(45)29-17-11-12-18-32(29)46(38(2,3)4)28-15-9-6-10-16-28/h5-20,23,26,37,41-42,45H,21-22H2,1-4H3,(H,39,40,43). The average Bonchev–Trinajstić information content (AvgIpc) is 3.40.